The number of carbonyl (C=O) groups excluding carboxylic acids is 1. The van der Waals surface area contributed by atoms with Crippen molar-refractivity contribution in [2.45, 2.75) is 31.8 Å². The fourth-order valence-corrected chi connectivity index (χ4v) is 1.50. The second-order valence-corrected chi connectivity index (χ2v) is 3.97. The van der Waals surface area contributed by atoms with Crippen molar-refractivity contribution in [1.29, 1.82) is 0 Å². The van der Waals surface area contributed by atoms with Gasteiger partial charge in [0.2, 0.25) is 0 Å². The van der Waals surface area contributed by atoms with Crippen LogP contribution in [0.4, 0.5) is 0 Å². The van der Waals surface area contributed by atoms with Gasteiger partial charge in [0.25, 0.3) is 0 Å². The van der Waals surface area contributed by atoms with Gasteiger partial charge in [-0.15, -0.1) is 6.58 Å². The maximum atomic E-state index is 10.3. The van der Waals surface area contributed by atoms with Crippen LogP contribution in [0.15, 0.2) is 24.8 Å². The summed E-state index contributed by atoms with van der Waals surface area (Å²) in [5.41, 5.74) is 0. The Hall–Kier alpha value is -0.970. The van der Waals surface area contributed by atoms with Crippen LogP contribution in [-0.4, -0.2) is 37.5 Å². The van der Waals surface area contributed by atoms with Gasteiger partial charge in [-0.25, -0.2) is 0 Å². The minimum absolute atomic E-state index is 0.189. The first-order chi connectivity index (χ1) is 7.59. The Bertz CT molecular complexity index is 270. The molecule has 0 aromatic rings. The molecule has 2 atom stereocenters. The molecular weight excluding hydrogens is 208 g/mol. The summed E-state index contributed by atoms with van der Waals surface area (Å²) in [4.78, 5) is 10.3. The molecule has 90 valence electrons. The first kappa shape index (κ1) is 13.1. The van der Waals surface area contributed by atoms with E-state index in [0.29, 0.717) is 19.5 Å². The smallest absolute Gasteiger partial charge is 0.163 e. The third-order valence-corrected chi connectivity index (χ3v) is 2.18. The van der Waals surface area contributed by atoms with Crippen molar-refractivity contribution >= 4 is 6.29 Å². The van der Waals surface area contributed by atoms with Gasteiger partial charge in [0.05, 0.1) is 13.2 Å². The lowest BCUT2D eigenvalue weighted by atomic mass is 10.2. The summed E-state index contributed by atoms with van der Waals surface area (Å²) in [7, 11) is 0. The largest absolute Gasteiger partial charge is 0.367 e. The summed E-state index contributed by atoms with van der Waals surface area (Å²) >= 11 is 0. The second kappa shape index (κ2) is 5.94. The van der Waals surface area contributed by atoms with Gasteiger partial charge >= 0.3 is 0 Å². The van der Waals surface area contributed by atoms with Gasteiger partial charge in [0, 0.05) is 0 Å². The normalized spacial score (nSPS) is 25.8. The Morgan fingerprint density at radius 2 is 2.38 bits per heavy atom. The van der Waals surface area contributed by atoms with Crippen molar-refractivity contribution < 1.29 is 19.0 Å². The Morgan fingerprint density at radius 1 is 1.62 bits per heavy atom. The molecule has 1 aliphatic rings. The highest BCUT2D eigenvalue weighted by Gasteiger charge is 2.36. The lowest BCUT2D eigenvalue weighted by molar-refractivity contribution is -0.150. The second-order valence-electron chi connectivity index (χ2n) is 3.97. The molecule has 0 amide bonds. The van der Waals surface area contributed by atoms with Gasteiger partial charge in [-0.3, -0.25) is 4.79 Å². The molecule has 0 unspecified atom stereocenters. The highest BCUT2D eigenvalue weighted by atomic mass is 16.7. The van der Waals surface area contributed by atoms with Crippen LogP contribution in [0, 0.1) is 0 Å². The Balaban J connectivity index is 2.58. The van der Waals surface area contributed by atoms with E-state index in [4.69, 9.17) is 14.2 Å². The van der Waals surface area contributed by atoms with Crippen LogP contribution in [0.2, 0.25) is 0 Å². The first-order valence-corrected chi connectivity index (χ1v) is 5.25. The standard InChI is InChI=1S/C12H18O4/c1-4-8-14-10(6-5-7-13)11-9-15-12(2,3)16-11/h4-7,10-11H,1,8-9H2,2-3H3/b6-5+/t10-,11+/m0/s1. The van der Waals surface area contributed by atoms with Crippen LogP contribution in [0.3, 0.4) is 0 Å². The highest BCUT2D eigenvalue weighted by Crippen LogP contribution is 2.25. The average Bonchev–Trinajstić information content (AvgIpc) is 2.59. The molecule has 1 rings (SSSR count). The van der Waals surface area contributed by atoms with Crippen LogP contribution in [-0.2, 0) is 19.0 Å². The van der Waals surface area contributed by atoms with Crippen molar-refractivity contribution in [2.24, 2.45) is 0 Å². The molecule has 4 nitrogen and oxygen atoms in total. The van der Waals surface area contributed by atoms with Gasteiger partial charge in [-0.2, -0.15) is 0 Å². The third-order valence-electron chi connectivity index (χ3n) is 2.18. The molecule has 1 saturated heterocycles. The number of hydrogen-bond acceptors (Lipinski definition) is 4. The molecule has 0 radical (unpaired) electrons. The zero-order chi connectivity index (χ0) is 12.0. The lowest BCUT2D eigenvalue weighted by Gasteiger charge is -2.21. The molecular formula is C12H18O4. The molecule has 0 aromatic carbocycles. The summed E-state index contributed by atoms with van der Waals surface area (Å²) in [5.74, 6) is -0.588. The molecule has 1 heterocycles. The highest BCUT2D eigenvalue weighted by molar-refractivity contribution is 5.64. The minimum Gasteiger partial charge on any atom is -0.367 e. The van der Waals surface area contributed by atoms with E-state index < -0.39 is 5.79 Å². The molecule has 0 bridgehead atoms. The van der Waals surface area contributed by atoms with Crippen molar-refractivity contribution in [3.8, 4) is 0 Å². The molecule has 1 fully saturated rings. The summed E-state index contributed by atoms with van der Waals surface area (Å²) in [6, 6.07) is 0. The summed E-state index contributed by atoms with van der Waals surface area (Å²) in [5, 5.41) is 0. The van der Waals surface area contributed by atoms with Crippen LogP contribution >= 0.6 is 0 Å². The van der Waals surface area contributed by atoms with Gasteiger partial charge in [-0.1, -0.05) is 6.08 Å². The van der Waals surface area contributed by atoms with Crippen LogP contribution in [0.5, 0.6) is 0 Å². The topological polar surface area (TPSA) is 44.8 Å². The maximum Gasteiger partial charge on any atom is 0.163 e. The molecule has 16 heavy (non-hydrogen) atoms. The maximum absolute atomic E-state index is 10.3. The van der Waals surface area contributed by atoms with E-state index in [1.165, 1.54) is 6.08 Å². The van der Waals surface area contributed by atoms with Crippen molar-refractivity contribution in [3.63, 3.8) is 0 Å². The van der Waals surface area contributed by atoms with Crippen molar-refractivity contribution in [2.75, 3.05) is 13.2 Å². The average molecular weight is 226 g/mol. The van der Waals surface area contributed by atoms with E-state index in [1.807, 2.05) is 13.8 Å². The van der Waals surface area contributed by atoms with Crippen molar-refractivity contribution in [3.05, 3.63) is 24.8 Å². The third kappa shape index (κ3) is 3.89. The van der Waals surface area contributed by atoms with Crippen LogP contribution < -0.4 is 0 Å². The van der Waals surface area contributed by atoms with Gasteiger partial charge in [0.15, 0.2) is 5.79 Å². The molecule has 1 aliphatic heterocycles. The predicted molar refractivity (Wildman–Crippen MR) is 60.0 cm³/mol. The molecule has 0 N–H and O–H groups in total. The summed E-state index contributed by atoms with van der Waals surface area (Å²) in [6.45, 7) is 8.14. The predicted octanol–water partition coefficient (Wildman–Crippen LogP) is 1.46. The van der Waals surface area contributed by atoms with E-state index in [-0.39, 0.29) is 12.2 Å². The number of aldehydes is 1. The number of carbonyl (C=O) groups is 1. The zero-order valence-corrected chi connectivity index (χ0v) is 9.72. The van der Waals surface area contributed by atoms with Gasteiger partial charge in [0.1, 0.15) is 18.5 Å². The Labute approximate surface area is 95.9 Å². The Morgan fingerprint density at radius 3 is 2.88 bits per heavy atom. The van der Waals surface area contributed by atoms with E-state index in [0.717, 1.165) is 0 Å². The molecule has 0 aliphatic carbocycles. The summed E-state index contributed by atoms with van der Waals surface area (Å²) < 4.78 is 16.6. The molecule has 0 spiro atoms. The van der Waals surface area contributed by atoms with E-state index >= 15 is 0 Å². The van der Waals surface area contributed by atoms with Crippen LogP contribution in [0.1, 0.15) is 13.8 Å². The lowest BCUT2D eigenvalue weighted by Crippen LogP contribution is -2.31. The van der Waals surface area contributed by atoms with Crippen LogP contribution in [0.25, 0.3) is 0 Å². The van der Waals surface area contributed by atoms with E-state index in [2.05, 4.69) is 6.58 Å². The molecule has 0 saturated carbocycles. The van der Waals surface area contributed by atoms with Gasteiger partial charge < -0.3 is 14.2 Å². The monoisotopic (exact) mass is 226 g/mol. The fourth-order valence-electron chi connectivity index (χ4n) is 1.50. The quantitative estimate of drug-likeness (QED) is 0.391. The minimum atomic E-state index is -0.588. The Kier molecular flexibility index (Phi) is 4.86. The number of hydrogen-bond donors (Lipinski definition) is 0. The number of allylic oxidation sites excluding steroid dienone is 1. The SMILES string of the molecule is C=CCO[C@@H](/C=C/C=O)[C@H]1COC(C)(C)O1. The summed E-state index contributed by atoms with van der Waals surface area (Å²) in [6.07, 6.45) is 4.97. The molecule has 0 aromatic heterocycles. The number of rotatable bonds is 6. The van der Waals surface area contributed by atoms with E-state index in [9.17, 15) is 4.79 Å². The van der Waals surface area contributed by atoms with E-state index in [1.54, 1.807) is 12.2 Å². The zero-order valence-electron chi connectivity index (χ0n) is 9.72. The number of ether oxygens (including phenoxy) is 3. The molecule has 4 heteroatoms. The van der Waals surface area contributed by atoms with Gasteiger partial charge in [-0.05, 0) is 26.0 Å². The first-order valence-electron chi connectivity index (χ1n) is 5.25. The fraction of sp³-hybridized carbons (Fsp3) is 0.583. The van der Waals surface area contributed by atoms with Crippen molar-refractivity contribution in [1.82, 2.24) is 0 Å².